The number of nitrogens with zero attached hydrogens (tertiary/aromatic N) is 2. The minimum atomic E-state index is -0.155. The molecule has 7 nitrogen and oxygen atoms in total. The first-order chi connectivity index (χ1) is 13.0. The molecule has 0 atom stereocenters. The molecular weight excluding hydrogens is 416 g/mol. The standard InChI is InChI=1S/C19H21BrN2O5/c1-3-26-17-14(20)11-13(12-16(17)25-2)18(23)21-6-8-22(9-7-21)19(24)15-5-4-10-27-15/h4-5,10-12H,3,6-9H2,1-2H3. The third-order valence-corrected chi connectivity index (χ3v) is 4.94. The van der Waals surface area contributed by atoms with Gasteiger partial charge in [0, 0.05) is 31.7 Å². The van der Waals surface area contributed by atoms with E-state index in [9.17, 15) is 9.59 Å². The van der Waals surface area contributed by atoms with Gasteiger partial charge in [0.25, 0.3) is 11.8 Å². The molecule has 1 fully saturated rings. The number of carbonyl (C=O) groups excluding carboxylic acids is 2. The van der Waals surface area contributed by atoms with E-state index in [4.69, 9.17) is 13.9 Å². The minimum absolute atomic E-state index is 0.109. The highest BCUT2D eigenvalue weighted by Gasteiger charge is 2.27. The van der Waals surface area contributed by atoms with Crippen molar-refractivity contribution >= 4 is 27.7 Å². The smallest absolute Gasteiger partial charge is 0.289 e. The molecule has 0 saturated carbocycles. The summed E-state index contributed by atoms with van der Waals surface area (Å²) < 4.78 is 16.7. The SMILES string of the molecule is CCOc1c(Br)cc(C(=O)N2CCN(C(=O)c3ccco3)CC2)cc1OC. The molecule has 1 saturated heterocycles. The Hall–Kier alpha value is -2.48. The molecule has 2 heterocycles. The lowest BCUT2D eigenvalue weighted by atomic mass is 10.1. The van der Waals surface area contributed by atoms with Crippen molar-refractivity contribution in [3.8, 4) is 11.5 Å². The maximum absolute atomic E-state index is 12.9. The summed E-state index contributed by atoms with van der Waals surface area (Å²) in [4.78, 5) is 28.6. The number of furan rings is 1. The summed E-state index contributed by atoms with van der Waals surface area (Å²) >= 11 is 3.44. The summed E-state index contributed by atoms with van der Waals surface area (Å²) in [6, 6.07) is 6.74. The van der Waals surface area contributed by atoms with Crippen LogP contribution in [-0.4, -0.2) is 61.5 Å². The van der Waals surface area contributed by atoms with Crippen molar-refractivity contribution in [1.29, 1.82) is 0 Å². The zero-order valence-corrected chi connectivity index (χ0v) is 16.8. The molecule has 0 N–H and O–H groups in total. The predicted octanol–water partition coefficient (Wildman–Crippen LogP) is 3.05. The van der Waals surface area contributed by atoms with Gasteiger partial charge in [-0.3, -0.25) is 9.59 Å². The normalized spacial score (nSPS) is 14.2. The summed E-state index contributed by atoms with van der Waals surface area (Å²) in [5, 5.41) is 0. The number of benzene rings is 1. The molecule has 0 unspecified atom stereocenters. The van der Waals surface area contributed by atoms with Gasteiger partial charge in [-0.1, -0.05) is 0 Å². The molecule has 1 aromatic heterocycles. The summed E-state index contributed by atoms with van der Waals surface area (Å²) in [5.41, 5.74) is 0.507. The Kier molecular flexibility index (Phi) is 6.05. The summed E-state index contributed by atoms with van der Waals surface area (Å²) in [7, 11) is 1.54. The van der Waals surface area contributed by atoms with E-state index in [2.05, 4.69) is 15.9 Å². The molecule has 8 heteroatoms. The number of carbonyl (C=O) groups is 2. The van der Waals surface area contributed by atoms with E-state index in [-0.39, 0.29) is 11.8 Å². The lowest BCUT2D eigenvalue weighted by Crippen LogP contribution is -2.50. The first-order valence-electron chi connectivity index (χ1n) is 8.67. The molecule has 2 aromatic rings. The Labute approximate surface area is 165 Å². The highest BCUT2D eigenvalue weighted by atomic mass is 79.9. The molecule has 0 aliphatic carbocycles. The van der Waals surface area contributed by atoms with Gasteiger partial charge in [-0.15, -0.1) is 0 Å². The van der Waals surface area contributed by atoms with Crippen molar-refractivity contribution in [3.63, 3.8) is 0 Å². The first kappa shape index (κ1) is 19.3. The molecule has 1 aliphatic heterocycles. The van der Waals surface area contributed by atoms with Crippen LogP contribution in [0.5, 0.6) is 11.5 Å². The predicted molar refractivity (Wildman–Crippen MR) is 102 cm³/mol. The van der Waals surface area contributed by atoms with Gasteiger partial charge < -0.3 is 23.7 Å². The molecule has 144 valence electrons. The Morgan fingerprint density at radius 3 is 2.37 bits per heavy atom. The van der Waals surface area contributed by atoms with Crippen molar-refractivity contribution in [1.82, 2.24) is 9.80 Å². The Morgan fingerprint density at radius 2 is 1.81 bits per heavy atom. The summed E-state index contributed by atoms with van der Waals surface area (Å²) in [5.74, 6) is 1.13. The topological polar surface area (TPSA) is 72.2 Å². The van der Waals surface area contributed by atoms with Gasteiger partial charge >= 0.3 is 0 Å². The second-order valence-electron chi connectivity index (χ2n) is 5.98. The third-order valence-electron chi connectivity index (χ3n) is 4.35. The molecule has 0 radical (unpaired) electrons. The summed E-state index contributed by atoms with van der Waals surface area (Å²) in [6.45, 7) is 4.21. The largest absolute Gasteiger partial charge is 0.493 e. The Balaban J connectivity index is 1.69. The number of halogens is 1. The lowest BCUT2D eigenvalue weighted by Gasteiger charge is -2.34. The maximum atomic E-state index is 12.9. The Morgan fingerprint density at radius 1 is 1.15 bits per heavy atom. The number of methoxy groups -OCH3 is 1. The van der Waals surface area contributed by atoms with Crippen molar-refractivity contribution in [2.24, 2.45) is 0 Å². The molecular formula is C19H21BrN2O5. The number of hydrogen-bond donors (Lipinski definition) is 0. The second kappa shape index (κ2) is 8.47. The lowest BCUT2D eigenvalue weighted by molar-refractivity contribution is 0.0518. The van der Waals surface area contributed by atoms with Crippen LogP contribution < -0.4 is 9.47 Å². The average Bonchev–Trinajstić information content (AvgIpc) is 3.23. The Bertz CT molecular complexity index is 814. The first-order valence-corrected chi connectivity index (χ1v) is 9.46. The van der Waals surface area contributed by atoms with Gasteiger partial charge in [0.15, 0.2) is 17.3 Å². The molecule has 1 aromatic carbocycles. The van der Waals surface area contributed by atoms with Crippen LogP contribution >= 0.6 is 15.9 Å². The highest BCUT2D eigenvalue weighted by molar-refractivity contribution is 9.10. The third kappa shape index (κ3) is 4.10. The zero-order chi connectivity index (χ0) is 19.4. The fourth-order valence-corrected chi connectivity index (χ4v) is 3.54. The van der Waals surface area contributed by atoms with Crippen LogP contribution in [0.15, 0.2) is 39.4 Å². The van der Waals surface area contributed by atoms with Crippen LogP contribution in [0.3, 0.4) is 0 Å². The minimum Gasteiger partial charge on any atom is -0.493 e. The zero-order valence-electron chi connectivity index (χ0n) is 15.2. The fourth-order valence-electron chi connectivity index (χ4n) is 2.98. The quantitative estimate of drug-likeness (QED) is 0.719. The van der Waals surface area contributed by atoms with Gasteiger partial charge in [0.1, 0.15) is 0 Å². The van der Waals surface area contributed by atoms with Crippen LogP contribution in [0.1, 0.15) is 27.8 Å². The van der Waals surface area contributed by atoms with E-state index in [1.165, 1.54) is 13.4 Å². The van der Waals surface area contributed by atoms with Crippen molar-refractivity contribution < 1.29 is 23.5 Å². The van der Waals surface area contributed by atoms with E-state index in [0.29, 0.717) is 60.1 Å². The van der Waals surface area contributed by atoms with Crippen molar-refractivity contribution in [3.05, 3.63) is 46.3 Å². The van der Waals surface area contributed by atoms with Gasteiger partial charge in [-0.25, -0.2) is 0 Å². The van der Waals surface area contributed by atoms with Crippen LogP contribution in [0.25, 0.3) is 0 Å². The molecule has 27 heavy (non-hydrogen) atoms. The van der Waals surface area contributed by atoms with Crippen LogP contribution in [0, 0.1) is 0 Å². The van der Waals surface area contributed by atoms with Crippen LogP contribution in [0.4, 0.5) is 0 Å². The van der Waals surface area contributed by atoms with Crippen LogP contribution in [-0.2, 0) is 0 Å². The van der Waals surface area contributed by atoms with Gasteiger partial charge in [-0.2, -0.15) is 0 Å². The van der Waals surface area contributed by atoms with Crippen molar-refractivity contribution in [2.75, 3.05) is 39.9 Å². The van der Waals surface area contributed by atoms with Gasteiger partial charge in [0.05, 0.1) is 24.5 Å². The number of piperazine rings is 1. The summed E-state index contributed by atoms with van der Waals surface area (Å²) in [6.07, 6.45) is 1.48. The van der Waals surface area contributed by atoms with E-state index >= 15 is 0 Å². The number of amides is 2. The van der Waals surface area contributed by atoms with E-state index in [1.807, 2.05) is 6.92 Å². The monoisotopic (exact) mass is 436 g/mol. The van der Waals surface area contributed by atoms with Gasteiger partial charge in [-0.05, 0) is 47.1 Å². The maximum Gasteiger partial charge on any atom is 0.289 e. The van der Waals surface area contributed by atoms with Gasteiger partial charge in [0.2, 0.25) is 0 Å². The number of ether oxygens (including phenoxy) is 2. The molecule has 0 spiro atoms. The molecule has 2 amide bonds. The molecule has 1 aliphatic rings. The van der Waals surface area contributed by atoms with E-state index < -0.39 is 0 Å². The average molecular weight is 437 g/mol. The fraction of sp³-hybridized carbons (Fsp3) is 0.368. The second-order valence-corrected chi connectivity index (χ2v) is 6.84. The number of rotatable bonds is 5. The number of hydrogen-bond acceptors (Lipinski definition) is 5. The van der Waals surface area contributed by atoms with E-state index in [1.54, 1.807) is 34.1 Å². The van der Waals surface area contributed by atoms with Crippen LogP contribution in [0.2, 0.25) is 0 Å². The molecule has 3 rings (SSSR count). The molecule has 0 bridgehead atoms. The van der Waals surface area contributed by atoms with Crippen molar-refractivity contribution in [2.45, 2.75) is 6.92 Å². The highest BCUT2D eigenvalue weighted by Crippen LogP contribution is 2.37. The van der Waals surface area contributed by atoms with E-state index in [0.717, 1.165) is 0 Å².